The molecule has 1 aromatic carbocycles. The second kappa shape index (κ2) is 6.45. The molecule has 6 nitrogen and oxygen atoms in total. The van der Waals surface area contributed by atoms with E-state index in [1.165, 1.54) is 6.20 Å². The van der Waals surface area contributed by atoms with Crippen molar-refractivity contribution < 1.29 is 13.2 Å². The highest BCUT2D eigenvalue weighted by molar-refractivity contribution is 7.92. The highest BCUT2D eigenvalue weighted by atomic mass is 32.2. The van der Waals surface area contributed by atoms with Gasteiger partial charge in [-0.15, -0.1) is 0 Å². The van der Waals surface area contributed by atoms with Gasteiger partial charge in [0.2, 0.25) is 10.0 Å². The summed E-state index contributed by atoms with van der Waals surface area (Å²) in [6.45, 7) is 1.86. The van der Waals surface area contributed by atoms with Crippen LogP contribution in [0, 0.1) is 6.92 Å². The lowest BCUT2D eigenvalue weighted by atomic mass is 10.3. The van der Waals surface area contributed by atoms with Gasteiger partial charge < -0.3 is 10.5 Å². The van der Waals surface area contributed by atoms with Crippen LogP contribution < -0.4 is 15.2 Å². The Labute approximate surface area is 124 Å². The smallest absolute Gasteiger partial charge is 0.236 e. The molecule has 0 saturated carbocycles. The predicted molar refractivity (Wildman–Crippen MR) is 82.7 cm³/mol. The summed E-state index contributed by atoms with van der Waals surface area (Å²) in [7, 11) is -3.49. The molecule has 0 radical (unpaired) electrons. The van der Waals surface area contributed by atoms with Gasteiger partial charge in [0.1, 0.15) is 18.1 Å². The van der Waals surface area contributed by atoms with Crippen LogP contribution in [0.15, 0.2) is 42.7 Å². The number of sulfonamides is 1. The number of anilines is 2. The molecule has 0 atom stereocenters. The number of aromatic nitrogens is 1. The number of benzene rings is 1. The molecule has 0 unspecified atom stereocenters. The van der Waals surface area contributed by atoms with E-state index in [0.717, 1.165) is 5.56 Å². The summed E-state index contributed by atoms with van der Waals surface area (Å²) in [6.07, 6.45) is 3.11. The number of nitrogens with two attached hydrogens (primary N) is 1. The Hall–Kier alpha value is -2.28. The Kier molecular flexibility index (Phi) is 4.64. The number of ether oxygens (including phenoxy) is 1. The molecular weight excluding hydrogens is 290 g/mol. The fourth-order valence-electron chi connectivity index (χ4n) is 1.71. The number of nitrogens with one attached hydrogen (secondary N) is 1. The van der Waals surface area contributed by atoms with E-state index in [4.69, 9.17) is 10.5 Å². The standard InChI is InChI=1S/C14H17N3O3S/c1-11-8-12(10-16-9-11)17-21(18,19)7-6-20-14-5-3-2-4-13(14)15/h2-5,8-10,17H,6-7,15H2,1H3. The second-order valence-electron chi connectivity index (χ2n) is 4.56. The van der Waals surface area contributed by atoms with Gasteiger partial charge in [0.15, 0.2) is 0 Å². The van der Waals surface area contributed by atoms with Gasteiger partial charge in [-0.3, -0.25) is 9.71 Å². The maximum Gasteiger partial charge on any atom is 0.236 e. The third-order valence-corrected chi connectivity index (χ3v) is 3.93. The van der Waals surface area contributed by atoms with Crippen LogP contribution in [0.2, 0.25) is 0 Å². The Balaban J connectivity index is 1.91. The molecule has 1 heterocycles. The molecule has 2 aromatic rings. The molecule has 3 N–H and O–H groups in total. The summed E-state index contributed by atoms with van der Waals surface area (Å²) in [5, 5.41) is 0. The van der Waals surface area contributed by atoms with Gasteiger partial charge in [-0.25, -0.2) is 8.42 Å². The first-order chi connectivity index (χ1) is 9.96. The number of nitrogens with zero attached hydrogens (tertiary/aromatic N) is 1. The fourth-order valence-corrected chi connectivity index (χ4v) is 2.59. The Bertz CT molecular complexity index is 717. The van der Waals surface area contributed by atoms with Crippen molar-refractivity contribution in [2.24, 2.45) is 0 Å². The highest BCUT2D eigenvalue weighted by Gasteiger charge is 2.11. The van der Waals surface area contributed by atoms with Crippen molar-refractivity contribution in [1.82, 2.24) is 4.98 Å². The molecule has 0 aliphatic carbocycles. The van der Waals surface area contributed by atoms with Crippen LogP contribution in [-0.4, -0.2) is 25.8 Å². The topological polar surface area (TPSA) is 94.3 Å². The average Bonchev–Trinajstić information content (AvgIpc) is 2.40. The maximum atomic E-state index is 11.9. The number of nitrogen functional groups attached to an aromatic ring is 1. The van der Waals surface area contributed by atoms with E-state index in [1.807, 2.05) is 6.92 Å². The van der Waals surface area contributed by atoms with Crippen LogP contribution in [0.1, 0.15) is 5.56 Å². The van der Waals surface area contributed by atoms with Crippen LogP contribution >= 0.6 is 0 Å². The molecule has 21 heavy (non-hydrogen) atoms. The highest BCUT2D eigenvalue weighted by Crippen LogP contribution is 2.19. The van der Waals surface area contributed by atoms with E-state index >= 15 is 0 Å². The number of aryl methyl sites for hydroxylation is 1. The van der Waals surface area contributed by atoms with Crippen LogP contribution in [0.5, 0.6) is 5.75 Å². The lowest BCUT2D eigenvalue weighted by Gasteiger charge is -2.10. The third-order valence-electron chi connectivity index (χ3n) is 2.68. The van der Waals surface area contributed by atoms with E-state index in [2.05, 4.69) is 9.71 Å². The first kappa shape index (κ1) is 15.1. The molecule has 7 heteroatoms. The molecule has 0 bridgehead atoms. The van der Waals surface area contributed by atoms with Gasteiger partial charge in [-0.05, 0) is 30.7 Å². The van der Waals surface area contributed by atoms with Crippen molar-refractivity contribution in [1.29, 1.82) is 0 Å². The first-order valence-electron chi connectivity index (χ1n) is 6.36. The molecule has 2 rings (SSSR count). The van der Waals surface area contributed by atoms with Crippen molar-refractivity contribution in [2.75, 3.05) is 22.8 Å². The van der Waals surface area contributed by atoms with Crippen molar-refractivity contribution in [3.05, 3.63) is 48.3 Å². The molecule has 0 spiro atoms. The normalized spacial score (nSPS) is 11.1. The zero-order valence-electron chi connectivity index (χ0n) is 11.6. The summed E-state index contributed by atoms with van der Waals surface area (Å²) in [4.78, 5) is 3.93. The molecule has 0 aliphatic heterocycles. The Morgan fingerprint density at radius 3 is 2.76 bits per heavy atom. The van der Waals surface area contributed by atoms with E-state index in [-0.39, 0.29) is 12.4 Å². The second-order valence-corrected chi connectivity index (χ2v) is 6.40. The summed E-state index contributed by atoms with van der Waals surface area (Å²) < 4.78 is 31.7. The number of hydrogen-bond acceptors (Lipinski definition) is 5. The lowest BCUT2D eigenvalue weighted by Crippen LogP contribution is -2.21. The monoisotopic (exact) mass is 307 g/mol. The van der Waals surface area contributed by atoms with Crippen molar-refractivity contribution in [3.63, 3.8) is 0 Å². The summed E-state index contributed by atoms with van der Waals surface area (Å²) in [6, 6.07) is 8.66. The Morgan fingerprint density at radius 1 is 1.29 bits per heavy atom. The molecule has 112 valence electrons. The third kappa shape index (κ3) is 4.64. The van der Waals surface area contributed by atoms with E-state index < -0.39 is 10.0 Å². The van der Waals surface area contributed by atoms with Gasteiger partial charge in [-0.2, -0.15) is 0 Å². The summed E-state index contributed by atoms with van der Waals surface area (Å²) in [5.74, 6) is 0.305. The number of para-hydroxylation sites is 2. The van der Waals surface area contributed by atoms with Crippen molar-refractivity contribution >= 4 is 21.4 Å². The SMILES string of the molecule is Cc1cncc(NS(=O)(=O)CCOc2ccccc2N)c1. The minimum absolute atomic E-state index is 0.0167. The van der Waals surface area contributed by atoms with E-state index in [1.54, 1.807) is 36.5 Å². The van der Waals surface area contributed by atoms with Gasteiger partial charge in [0, 0.05) is 6.20 Å². The van der Waals surface area contributed by atoms with Crippen molar-refractivity contribution in [2.45, 2.75) is 6.92 Å². The van der Waals surface area contributed by atoms with Gasteiger partial charge in [0.25, 0.3) is 0 Å². The van der Waals surface area contributed by atoms with Crippen LogP contribution in [-0.2, 0) is 10.0 Å². The lowest BCUT2D eigenvalue weighted by molar-refractivity contribution is 0.343. The van der Waals surface area contributed by atoms with E-state index in [0.29, 0.717) is 17.1 Å². The zero-order valence-corrected chi connectivity index (χ0v) is 12.4. The van der Waals surface area contributed by atoms with E-state index in [9.17, 15) is 8.42 Å². The number of rotatable bonds is 6. The molecule has 0 fully saturated rings. The van der Waals surface area contributed by atoms with Crippen LogP contribution in [0.25, 0.3) is 0 Å². The van der Waals surface area contributed by atoms with Gasteiger partial charge >= 0.3 is 0 Å². The van der Waals surface area contributed by atoms with Gasteiger partial charge in [-0.1, -0.05) is 12.1 Å². The Morgan fingerprint density at radius 2 is 2.05 bits per heavy atom. The molecule has 1 aromatic heterocycles. The first-order valence-corrected chi connectivity index (χ1v) is 8.01. The maximum absolute atomic E-state index is 11.9. The molecule has 0 saturated heterocycles. The van der Waals surface area contributed by atoms with Gasteiger partial charge in [0.05, 0.1) is 17.6 Å². The van der Waals surface area contributed by atoms with Crippen LogP contribution in [0.3, 0.4) is 0 Å². The largest absolute Gasteiger partial charge is 0.490 e. The number of pyridine rings is 1. The quantitative estimate of drug-likeness (QED) is 0.793. The zero-order chi connectivity index (χ0) is 15.3. The average molecular weight is 307 g/mol. The summed E-state index contributed by atoms with van der Waals surface area (Å²) in [5.41, 5.74) is 7.51. The fraction of sp³-hybridized carbons (Fsp3) is 0.214. The molecule has 0 aliphatic rings. The van der Waals surface area contributed by atoms with Crippen LogP contribution in [0.4, 0.5) is 11.4 Å². The molecular formula is C14H17N3O3S. The van der Waals surface area contributed by atoms with Crippen molar-refractivity contribution in [3.8, 4) is 5.75 Å². The predicted octanol–water partition coefficient (Wildman–Crippen LogP) is 1.79. The molecule has 0 amide bonds. The minimum atomic E-state index is -3.49. The number of hydrogen-bond donors (Lipinski definition) is 2. The summed E-state index contributed by atoms with van der Waals surface area (Å²) >= 11 is 0. The minimum Gasteiger partial charge on any atom is -0.490 e.